The predicted octanol–water partition coefficient (Wildman–Crippen LogP) is 2.88. The molecule has 2 aliphatic heterocycles. The summed E-state index contributed by atoms with van der Waals surface area (Å²) < 4.78 is 5.42. The van der Waals surface area contributed by atoms with Crippen LogP contribution in [0.1, 0.15) is 25.7 Å². The number of aromatic nitrogens is 2. The lowest BCUT2D eigenvalue weighted by Gasteiger charge is -2.33. The number of ether oxygens (including phenoxy) is 1. The number of rotatable bonds is 6. The minimum absolute atomic E-state index is 0.254. The lowest BCUT2D eigenvalue weighted by molar-refractivity contribution is 0.0574. The van der Waals surface area contributed by atoms with Gasteiger partial charge in [-0.05, 0) is 57.0 Å². The first kappa shape index (κ1) is 20.3. The first-order valence-electron chi connectivity index (χ1n) is 10.3. The maximum Gasteiger partial charge on any atom is 0.126 e. The summed E-state index contributed by atoms with van der Waals surface area (Å²) in [6.45, 7) is 4.15. The van der Waals surface area contributed by atoms with E-state index in [0.29, 0.717) is 30.8 Å². The lowest BCUT2D eigenvalue weighted by Crippen LogP contribution is -2.50. The van der Waals surface area contributed by atoms with Crippen LogP contribution in [0, 0.1) is 0 Å². The van der Waals surface area contributed by atoms with Crippen LogP contribution in [0.4, 0.5) is 11.6 Å². The van der Waals surface area contributed by atoms with Gasteiger partial charge in [0, 0.05) is 43.1 Å². The van der Waals surface area contributed by atoms with E-state index in [2.05, 4.69) is 20.9 Å². The highest BCUT2D eigenvalue weighted by Crippen LogP contribution is 2.29. The Balaban J connectivity index is 1.47. The summed E-state index contributed by atoms with van der Waals surface area (Å²) in [7, 11) is 0. The second-order valence-corrected chi connectivity index (χ2v) is 8.36. The van der Waals surface area contributed by atoms with Crippen molar-refractivity contribution in [3.8, 4) is 11.3 Å². The van der Waals surface area contributed by atoms with E-state index in [1.54, 1.807) is 6.20 Å². The standard InChI is InChI=1S/C21H29ClN6O/c22-17-13-25-20(27-15-4-8-24-9-5-15)12-16(17)18-2-1-3-19(28-18)26-14-21(23)6-10-29-11-7-21/h1-3,12-13,15,24H,4-11,14,23H2,(H,25,27)(H,26,28). The van der Waals surface area contributed by atoms with Crippen LogP contribution < -0.4 is 21.7 Å². The molecule has 5 N–H and O–H groups in total. The molecule has 2 saturated heterocycles. The van der Waals surface area contributed by atoms with E-state index in [1.165, 1.54) is 0 Å². The minimum atomic E-state index is -0.254. The Kier molecular flexibility index (Phi) is 6.50. The van der Waals surface area contributed by atoms with Crippen molar-refractivity contribution in [1.29, 1.82) is 0 Å². The summed E-state index contributed by atoms with van der Waals surface area (Å²) in [5, 5.41) is 10.9. The Hall–Kier alpha value is -1.93. The molecule has 0 aromatic carbocycles. The fourth-order valence-corrected chi connectivity index (χ4v) is 3.99. The predicted molar refractivity (Wildman–Crippen MR) is 117 cm³/mol. The first-order chi connectivity index (χ1) is 14.1. The average Bonchev–Trinajstić information content (AvgIpc) is 2.75. The van der Waals surface area contributed by atoms with Crippen molar-refractivity contribution in [2.75, 3.05) is 43.5 Å². The molecule has 4 heterocycles. The molecule has 0 saturated carbocycles. The van der Waals surface area contributed by atoms with E-state index in [0.717, 1.165) is 61.7 Å². The van der Waals surface area contributed by atoms with Crippen LogP contribution in [-0.2, 0) is 4.74 Å². The second-order valence-electron chi connectivity index (χ2n) is 7.95. The third kappa shape index (κ3) is 5.36. The molecule has 0 spiro atoms. The molecule has 7 nitrogen and oxygen atoms in total. The third-order valence-corrected chi connectivity index (χ3v) is 5.98. The molecule has 0 amide bonds. The summed E-state index contributed by atoms with van der Waals surface area (Å²) in [6, 6.07) is 8.32. The van der Waals surface area contributed by atoms with Crippen LogP contribution in [0.25, 0.3) is 11.3 Å². The van der Waals surface area contributed by atoms with Gasteiger partial charge in [-0.2, -0.15) is 0 Å². The van der Waals surface area contributed by atoms with Gasteiger partial charge in [0.1, 0.15) is 11.6 Å². The fraction of sp³-hybridized carbons (Fsp3) is 0.524. The number of anilines is 2. The second kappa shape index (κ2) is 9.26. The van der Waals surface area contributed by atoms with E-state index in [-0.39, 0.29) is 5.54 Å². The molecule has 0 unspecified atom stereocenters. The summed E-state index contributed by atoms with van der Waals surface area (Å²) in [5.41, 5.74) is 7.91. The number of hydrogen-bond acceptors (Lipinski definition) is 7. The van der Waals surface area contributed by atoms with E-state index in [1.807, 2.05) is 24.3 Å². The SMILES string of the molecule is NC1(CNc2cccc(-c3cc(NC4CCNCC4)ncc3Cl)n2)CCOCC1. The summed E-state index contributed by atoms with van der Waals surface area (Å²) in [5.74, 6) is 1.62. The minimum Gasteiger partial charge on any atom is -0.381 e. The molecule has 2 aliphatic rings. The van der Waals surface area contributed by atoms with Crippen molar-refractivity contribution in [2.24, 2.45) is 5.73 Å². The Morgan fingerprint density at radius 3 is 2.79 bits per heavy atom. The molecule has 29 heavy (non-hydrogen) atoms. The Labute approximate surface area is 176 Å². The van der Waals surface area contributed by atoms with Gasteiger partial charge in [0.15, 0.2) is 0 Å². The van der Waals surface area contributed by atoms with Crippen molar-refractivity contribution >= 4 is 23.2 Å². The van der Waals surface area contributed by atoms with Gasteiger partial charge in [0.05, 0.1) is 10.7 Å². The fourth-order valence-electron chi connectivity index (χ4n) is 3.79. The number of hydrogen-bond donors (Lipinski definition) is 4. The number of piperidine rings is 1. The first-order valence-corrected chi connectivity index (χ1v) is 10.7. The van der Waals surface area contributed by atoms with Crippen LogP contribution in [0.3, 0.4) is 0 Å². The smallest absolute Gasteiger partial charge is 0.126 e. The highest BCUT2D eigenvalue weighted by Gasteiger charge is 2.27. The normalized spacial score (nSPS) is 19.7. The van der Waals surface area contributed by atoms with Crippen LogP contribution in [0.15, 0.2) is 30.5 Å². The molecular weight excluding hydrogens is 388 g/mol. The Morgan fingerprint density at radius 1 is 1.21 bits per heavy atom. The van der Waals surface area contributed by atoms with E-state index in [4.69, 9.17) is 27.1 Å². The molecule has 0 atom stereocenters. The topological polar surface area (TPSA) is 97.1 Å². The molecule has 8 heteroatoms. The molecule has 0 aliphatic carbocycles. The molecule has 2 fully saturated rings. The maximum absolute atomic E-state index is 6.48. The molecular formula is C21H29ClN6O. The van der Waals surface area contributed by atoms with Crippen LogP contribution in [0.5, 0.6) is 0 Å². The van der Waals surface area contributed by atoms with Gasteiger partial charge in [-0.15, -0.1) is 0 Å². The van der Waals surface area contributed by atoms with Crippen molar-refractivity contribution in [3.05, 3.63) is 35.5 Å². The van der Waals surface area contributed by atoms with Gasteiger partial charge in [0.25, 0.3) is 0 Å². The summed E-state index contributed by atoms with van der Waals surface area (Å²) >= 11 is 6.45. The van der Waals surface area contributed by atoms with E-state index >= 15 is 0 Å². The van der Waals surface area contributed by atoms with Gasteiger partial charge in [-0.1, -0.05) is 17.7 Å². The Bertz CT molecular complexity index is 821. The number of halogens is 1. The zero-order chi connectivity index (χ0) is 20.1. The third-order valence-electron chi connectivity index (χ3n) is 5.68. The number of nitrogens with two attached hydrogens (primary N) is 1. The lowest BCUT2D eigenvalue weighted by atomic mass is 9.91. The van der Waals surface area contributed by atoms with Gasteiger partial charge in [-0.3, -0.25) is 0 Å². The molecule has 156 valence electrons. The Morgan fingerprint density at radius 2 is 2.00 bits per heavy atom. The monoisotopic (exact) mass is 416 g/mol. The highest BCUT2D eigenvalue weighted by molar-refractivity contribution is 6.33. The molecule has 2 aromatic rings. The van der Waals surface area contributed by atoms with Crippen LogP contribution in [-0.4, -0.2) is 54.4 Å². The van der Waals surface area contributed by atoms with Crippen LogP contribution >= 0.6 is 11.6 Å². The van der Waals surface area contributed by atoms with Gasteiger partial charge in [0.2, 0.25) is 0 Å². The van der Waals surface area contributed by atoms with Gasteiger partial charge in [-0.25, -0.2) is 9.97 Å². The summed E-state index contributed by atoms with van der Waals surface area (Å²) in [4.78, 5) is 9.21. The average molecular weight is 417 g/mol. The van der Waals surface area contributed by atoms with Gasteiger partial charge >= 0.3 is 0 Å². The van der Waals surface area contributed by atoms with E-state index in [9.17, 15) is 0 Å². The molecule has 0 radical (unpaired) electrons. The molecule has 4 rings (SSSR count). The van der Waals surface area contributed by atoms with Crippen molar-refractivity contribution in [3.63, 3.8) is 0 Å². The van der Waals surface area contributed by atoms with Crippen molar-refractivity contribution in [2.45, 2.75) is 37.3 Å². The van der Waals surface area contributed by atoms with Gasteiger partial charge < -0.3 is 26.4 Å². The quantitative estimate of drug-likeness (QED) is 0.574. The number of pyridine rings is 2. The molecule has 0 bridgehead atoms. The van der Waals surface area contributed by atoms with E-state index < -0.39 is 0 Å². The van der Waals surface area contributed by atoms with Crippen molar-refractivity contribution < 1.29 is 4.74 Å². The molecule has 2 aromatic heterocycles. The zero-order valence-corrected chi connectivity index (χ0v) is 17.3. The highest BCUT2D eigenvalue weighted by atomic mass is 35.5. The van der Waals surface area contributed by atoms with Crippen LogP contribution in [0.2, 0.25) is 5.02 Å². The number of nitrogens with one attached hydrogen (secondary N) is 3. The largest absolute Gasteiger partial charge is 0.381 e. The summed E-state index contributed by atoms with van der Waals surface area (Å²) in [6.07, 6.45) is 5.56. The zero-order valence-electron chi connectivity index (χ0n) is 16.6. The number of nitrogens with zero attached hydrogens (tertiary/aromatic N) is 2. The van der Waals surface area contributed by atoms with Crippen molar-refractivity contribution in [1.82, 2.24) is 15.3 Å². The maximum atomic E-state index is 6.48.